The lowest BCUT2D eigenvalue weighted by molar-refractivity contribution is -0.121. The molecule has 0 aliphatic carbocycles. The molecule has 23 heavy (non-hydrogen) atoms. The fourth-order valence-electron chi connectivity index (χ4n) is 2.19. The first-order valence-electron chi connectivity index (χ1n) is 7.42. The van der Waals surface area contributed by atoms with E-state index in [1.165, 1.54) is 11.8 Å². The molecule has 2 heterocycles. The van der Waals surface area contributed by atoms with Gasteiger partial charge in [0.2, 0.25) is 5.91 Å². The number of nitrogens with one attached hydrogen (secondary N) is 1. The van der Waals surface area contributed by atoms with Crippen molar-refractivity contribution in [1.82, 2.24) is 10.3 Å². The van der Waals surface area contributed by atoms with Gasteiger partial charge in [-0.1, -0.05) is 23.9 Å². The number of hydrogen-bond acceptors (Lipinski definition) is 5. The highest BCUT2D eigenvalue weighted by atomic mass is 32.2. The first-order chi connectivity index (χ1) is 11.0. The summed E-state index contributed by atoms with van der Waals surface area (Å²) in [6, 6.07) is 11.7. The molecule has 0 aliphatic rings. The van der Waals surface area contributed by atoms with Gasteiger partial charge in [-0.15, -0.1) is 11.3 Å². The molecule has 2 atom stereocenters. The Kier molecular flexibility index (Phi) is 4.73. The predicted octanol–water partition coefficient (Wildman–Crippen LogP) is 4.56. The quantitative estimate of drug-likeness (QED) is 0.688. The van der Waals surface area contributed by atoms with Crippen molar-refractivity contribution in [3.8, 4) is 0 Å². The largest absolute Gasteiger partial charge is 0.464 e. The number of thiazole rings is 1. The Morgan fingerprint density at radius 2 is 2.04 bits per heavy atom. The van der Waals surface area contributed by atoms with E-state index >= 15 is 0 Å². The van der Waals surface area contributed by atoms with Gasteiger partial charge in [0.25, 0.3) is 0 Å². The van der Waals surface area contributed by atoms with E-state index in [9.17, 15) is 4.79 Å². The van der Waals surface area contributed by atoms with E-state index in [-0.39, 0.29) is 17.2 Å². The van der Waals surface area contributed by atoms with E-state index in [2.05, 4.69) is 10.3 Å². The number of rotatable bonds is 5. The maximum atomic E-state index is 12.4. The van der Waals surface area contributed by atoms with Gasteiger partial charge in [-0.25, -0.2) is 4.98 Å². The van der Waals surface area contributed by atoms with Crippen molar-refractivity contribution in [2.45, 2.75) is 36.4 Å². The lowest BCUT2D eigenvalue weighted by Crippen LogP contribution is -2.32. The maximum Gasteiger partial charge on any atom is 0.233 e. The van der Waals surface area contributed by atoms with Gasteiger partial charge in [0.05, 0.1) is 21.5 Å². The van der Waals surface area contributed by atoms with Crippen LogP contribution in [0.15, 0.2) is 45.2 Å². The maximum absolute atomic E-state index is 12.4. The minimum atomic E-state index is -0.214. The first-order valence-corrected chi connectivity index (χ1v) is 9.11. The van der Waals surface area contributed by atoms with E-state index in [0.717, 1.165) is 26.1 Å². The van der Waals surface area contributed by atoms with Crippen LogP contribution < -0.4 is 5.32 Å². The standard InChI is InChI=1S/C17H18N2O2S2/c1-10-8-9-14(21-10)11(2)18-16(20)12(3)22-17-19-13-6-4-5-7-15(13)23-17/h4-9,11-12H,1-3H3,(H,18,20). The second-order valence-electron chi connectivity index (χ2n) is 5.39. The van der Waals surface area contributed by atoms with E-state index < -0.39 is 0 Å². The van der Waals surface area contributed by atoms with Gasteiger partial charge in [0.1, 0.15) is 11.5 Å². The average molecular weight is 346 g/mol. The fraction of sp³-hybridized carbons (Fsp3) is 0.294. The van der Waals surface area contributed by atoms with Gasteiger partial charge in [-0.3, -0.25) is 4.79 Å². The van der Waals surface area contributed by atoms with Crippen molar-refractivity contribution < 1.29 is 9.21 Å². The second kappa shape index (κ2) is 6.76. The van der Waals surface area contributed by atoms with E-state index in [1.54, 1.807) is 11.3 Å². The Bertz CT molecular complexity index is 792. The monoisotopic (exact) mass is 346 g/mol. The molecule has 0 saturated heterocycles. The summed E-state index contributed by atoms with van der Waals surface area (Å²) in [5.74, 6) is 1.60. The van der Waals surface area contributed by atoms with Gasteiger partial charge in [0, 0.05) is 0 Å². The minimum absolute atomic E-state index is 0.0178. The van der Waals surface area contributed by atoms with E-state index in [4.69, 9.17) is 4.42 Å². The number of furan rings is 1. The summed E-state index contributed by atoms with van der Waals surface area (Å²) in [4.78, 5) is 16.9. The van der Waals surface area contributed by atoms with E-state index in [1.807, 2.05) is 57.2 Å². The number of para-hydroxylation sites is 1. The van der Waals surface area contributed by atoms with Crippen LogP contribution in [0.3, 0.4) is 0 Å². The normalized spacial score (nSPS) is 13.9. The zero-order valence-electron chi connectivity index (χ0n) is 13.2. The molecule has 2 aromatic heterocycles. The van der Waals surface area contributed by atoms with E-state index in [0.29, 0.717) is 0 Å². The Morgan fingerprint density at radius 1 is 1.26 bits per heavy atom. The first kappa shape index (κ1) is 16.1. The predicted molar refractivity (Wildman–Crippen MR) is 94.9 cm³/mol. The Balaban J connectivity index is 1.63. The van der Waals surface area contributed by atoms with Crippen LogP contribution >= 0.6 is 23.1 Å². The number of fused-ring (bicyclic) bond motifs is 1. The summed E-state index contributed by atoms with van der Waals surface area (Å²) in [5.41, 5.74) is 0.979. The minimum Gasteiger partial charge on any atom is -0.464 e. The third-order valence-electron chi connectivity index (χ3n) is 3.47. The van der Waals surface area contributed by atoms with Crippen LogP contribution in [0.2, 0.25) is 0 Å². The number of amides is 1. The summed E-state index contributed by atoms with van der Waals surface area (Å²) in [7, 11) is 0. The number of thioether (sulfide) groups is 1. The highest BCUT2D eigenvalue weighted by molar-refractivity contribution is 8.02. The highest BCUT2D eigenvalue weighted by Gasteiger charge is 2.20. The molecule has 0 radical (unpaired) electrons. The Morgan fingerprint density at radius 3 is 2.74 bits per heavy atom. The topological polar surface area (TPSA) is 55.1 Å². The zero-order valence-corrected chi connectivity index (χ0v) is 14.8. The molecule has 1 amide bonds. The van der Waals surface area contributed by atoms with Crippen LogP contribution in [0.1, 0.15) is 31.4 Å². The molecular weight excluding hydrogens is 328 g/mol. The van der Waals surface area contributed by atoms with Crippen molar-refractivity contribution in [2.75, 3.05) is 0 Å². The molecule has 0 bridgehead atoms. The van der Waals surface area contributed by atoms with Gasteiger partial charge in [-0.2, -0.15) is 0 Å². The molecule has 3 rings (SSSR count). The van der Waals surface area contributed by atoms with Crippen molar-refractivity contribution >= 4 is 39.2 Å². The lowest BCUT2D eigenvalue weighted by atomic mass is 10.2. The highest BCUT2D eigenvalue weighted by Crippen LogP contribution is 2.32. The Hall–Kier alpha value is -1.79. The van der Waals surface area contributed by atoms with Crippen molar-refractivity contribution in [3.63, 3.8) is 0 Å². The molecule has 1 N–H and O–H groups in total. The number of hydrogen-bond donors (Lipinski definition) is 1. The van der Waals surface area contributed by atoms with Crippen LogP contribution in [0.5, 0.6) is 0 Å². The SMILES string of the molecule is Cc1ccc(C(C)NC(=O)C(C)Sc2nc3ccccc3s2)o1. The third kappa shape index (κ3) is 3.76. The molecule has 0 spiro atoms. The molecule has 0 aliphatic heterocycles. The molecule has 4 nitrogen and oxygen atoms in total. The van der Waals surface area contributed by atoms with Crippen LogP contribution in [-0.4, -0.2) is 16.1 Å². The van der Waals surface area contributed by atoms with Crippen LogP contribution in [0, 0.1) is 6.92 Å². The number of aryl methyl sites for hydroxylation is 1. The summed E-state index contributed by atoms with van der Waals surface area (Å²) in [6.45, 7) is 5.71. The number of carbonyl (C=O) groups excluding carboxylic acids is 1. The van der Waals surface area contributed by atoms with Crippen molar-refractivity contribution in [2.24, 2.45) is 0 Å². The molecule has 0 fully saturated rings. The lowest BCUT2D eigenvalue weighted by Gasteiger charge is -2.15. The van der Waals surface area contributed by atoms with Gasteiger partial charge in [0.15, 0.2) is 4.34 Å². The van der Waals surface area contributed by atoms with Gasteiger partial charge >= 0.3 is 0 Å². The number of aromatic nitrogens is 1. The number of nitrogens with zero attached hydrogens (tertiary/aromatic N) is 1. The van der Waals surface area contributed by atoms with Crippen LogP contribution in [0.4, 0.5) is 0 Å². The summed E-state index contributed by atoms with van der Waals surface area (Å²) >= 11 is 3.10. The van der Waals surface area contributed by atoms with Crippen LogP contribution in [0.25, 0.3) is 10.2 Å². The molecule has 0 saturated carbocycles. The van der Waals surface area contributed by atoms with Crippen molar-refractivity contribution in [3.05, 3.63) is 47.9 Å². The average Bonchev–Trinajstić information content (AvgIpc) is 3.12. The summed E-state index contributed by atoms with van der Waals surface area (Å²) in [6.07, 6.45) is 0. The summed E-state index contributed by atoms with van der Waals surface area (Å²) in [5, 5.41) is 2.77. The molecule has 1 aromatic carbocycles. The van der Waals surface area contributed by atoms with Crippen molar-refractivity contribution in [1.29, 1.82) is 0 Å². The molecular formula is C17H18N2O2S2. The Labute approximate surface area is 143 Å². The zero-order chi connectivity index (χ0) is 16.4. The molecule has 3 aromatic rings. The fourth-order valence-corrected chi connectivity index (χ4v) is 4.41. The molecule has 120 valence electrons. The van der Waals surface area contributed by atoms with Crippen LogP contribution in [-0.2, 0) is 4.79 Å². The number of benzene rings is 1. The van der Waals surface area contributed by atoms with Gasteiger partial charge < -0.3 is 9.73 Å². The molecule has 2 unspecified atom stereocenters. The number of carbonyl (C=O) groups is 1. The third-order valence-corrected chi connectivity index (χ3v) is 5.70. The smallest absolute Gasteiger partial charge is 0.233 e. The summed E-state index contributed by atoms with van der Waals surface area (Å²) < 4.78 is 7.61. The van der Waals surface area contributed by atoms with Gasteiger partial charge in [-0.05, 0) is 45.0 Å². The molecule has 6 heteroatoms. The second-order valence-corrected chi connectivity index (χ2v) is 8.00.